The van der Waals surface area contributed by atoms with Crippen molar-refractivity contribution in [3.63, 3.8) is 0 Å². The largest absolute Gasteiger partial charge is 0.296 e. The number of nitrogens with zero attached hydrogens (tertiary/aromatic N) is 5. The molecule has 0 unspecified atom stereocenters. The van der Waals surface area contributed by atoms with Crippen molar-refractivity contribution in [2.75, 3.05) is 7.05 Å². The van der Waals surface area contributed by atoms with Crippen LogP contribution in [-0.4, -0.2) is 33.2 Å². The molecule has 5 nitrogen and oxygen atoms in total. The first-order valence-corrected chi connectivity index (χ1v) is 6.64. The molecule has 0 atom stereocenters. The Morgan fingerprint density at radius 2 is 1.65 bits per heavy atom. The van der Waals surface area contributed by atoms with Crippen LogP contribution < -0.4 is 0 Å². The van der Waals surface area contributed by atoms with Crippen LogP contribution in [0.25, 0.3) is 0 Å². The highest BCUT2D eigenvalue weighted by atomic mass is 14.9. The lowest BCUT2D eigenvalue weighted by Gasteiger charge is -2.09. The van der Waals surface area contributed by atoms with E-state index in [9.17, 15) is 0 Å². The minimum atomic E-state index is 0.793. The Kier molecular flexibility index (Phi) is 4.50. The molecule has 0 saturated heterocycles. The van der Waals surface area contributed by atoms with Gasteiger partial charge in [-0.2, -0.15) is 0 Å². The maximum absolute atomic E-state index is 4.55. The van der Waals surface area contributed by atoms with Gasteiger partial charge >= 0.3 is 0 Å². The molecular weight excluding hydrogens is 250 g/mol. The molecule has 0 saturated carbocycles. The van der Waals surface area contributed by atoms with Gasteiger partial charge in [0.1, 0.15) is 5.82 Å². The van der Waals surface area contributed by atoms with E-state index < -0.39 is 0 Å². The van der Waals surface area contributed by atoms with Crippen LogP contribution in [0.3, 0.4) is 0 Å². The molecule has 0 amide bonds. The maximum Gasteiger partial charge on any atom is 0.125 e. The number of hydrogen-bond donors (Lipinski definition) is 0. The molecule has 104 valence electrons. The summed E-state index contributed by atoms with van der Waals surface area (Å²) in [4.78, 5) is 21.7. The van der Waals surface area contributed by atoms with Gasteiger partial charge in [-0.15, -0.1) is 0 Å². The van der Waals surface area contributed by atoms with Gasteiger partial charge in [0.25, 0.3) is 0 Å². The van der Waals surface area contributed by atoms with Gasteiger partial charge in [0.2, 0.25) is 0 Å². The van der Waals surface area contributed by atoms with Crippen molar-refractivity contribution in [3.05, 3.63) is 46.6 Å². The van der Waals surface area contributed by atoms with Crippen molar-refractivity contribution < 1.29 is 0 Å². The number of rotatable bonds is 4. The Balaban J connectivity index is 2.27. The molecule has 2 aromatic rings. The van der Waals surface area contributed by atoms with Gasteiger partial charge < -0.3 is 0 Å². The zero-order valence-corrected chi connectivity index (χ0v) is 12.4. The van der Waals surface area contributed by atoms with Gasteiger partial charge in [-0.05, 0) is 33.6 Å². The van der Waals surface area contributed by atoms with Gasteiger partial charge in [0.15, 0.2) is 0 Å². The van der Waals surface area contributed by atoms with Crippen LogP contribution in [0.15, 0.2) is 17.4 Å². The summed E-state index contributed by atoms with van der Waals surface area (Å²) >= 11 is 0. The highest BCUT2D eigenvalue weighted by Gasteiger charge is 2.10. The summed E-state index contributed by atoms with van der Waals surface area (Å²) in [6, 6.07) is 0. The molecule has 20 heavy (non-hydrogen) atoms. The van der Waals surface area contributed by atoms with Crippen LogP contribution >= 0.6 is 0 Å². The van der Waals surface area contributed by atoms with E-state index >= 15 is 0 Å². The quantitative estimate of drug-likeness (QED) is 0.797. The van der Waals surface area contributed by atoms with Crippen LogP contribution in [-0.2, 0) is 12.8 Å². The first kappa shape index (κ1) is 14.2. The van der Waals surface area contributed by atoms with Gasteiger partial charge in [-0.25, -0.2) is 9.97 Å². The highest BCUT2D eigenvalue weighted by molar-refractivity contribution is 5.82. The van der Waals surface area contributed by atoms with Crippen molar-refractivity contribution in [3.8, 4) is 0 Å². The van der Waals surface area contributed by atoms with Crippen molar-refractivity contribution in [2.45, 2.75) is 33.6 Å². The fourth-order valence-corrected chi connectivity index (χ4v) is 2.20. The smallest absolute Gasteiger partial charge is 0.125 e. The predicted octanol–water partition coefficient (Wildman–Crippen LogP) is 2.03. The number of aromatic nitrogens is 4. The molecule has 0 aromatic carbocycles. The van der Waals surface area contributed by atoms with E-state index in [1.807, 2.05) is 27.0 Å². The number of aryl methyl sites for hydroxylation is 5. The van der Waals surface area contributed by atoms with Crippen LogP contribution in [0.4, 0.5) is 0 Å². The highest BCUT2D eigenvalue weighted by Crippen LogP contribution is 2.12. The molecule has 0 aliphatic heterocycles. The second-order valence-corrected chi connectivity index (χ2v) is 4.69. The lowest BCUT2D eigenvalue weighted by atomic mass is 10.1. The van der Waals surface area contributed by atoms with Crippen molar-refractivity contribution in [2.24, 2.45) is 4.99 Å². The van der Waals surface area contributed by atoms with E-state index in [-0.39, 0.29) is 0 Å². The minimum Gasteiger partial charge on any atom is -0.296 e. The summed E-state index contributed by atoms with van der Waals surface area (Å²) in [5, 5.41) is 0. The molecule has 2 aromatic heterocycles. The van der Waals surface area contributed by atoms with Gasteiger partial charge in [0, 0.05) is 31.2 Å². The molecule has 0 N–H and O–H groups in total. The summed E-state index contributed by atoms with van der Waals surface area (Å²) < 4.78 is 0. The average Bonchev–Trinajstić information content (AvgIpc) is 2.41. The maximum atomic E-state index is 4.55. The Morgan fingerprint density at radius 3 is 2.35 bits per heavy atom. The van der Waals surface area contributed by atoms with Crippen molar-refractivity contribution in [1.29, 1.82) is 0 Å². The topological polar surface area (TPSA) is 63.9 Å². The van der Waals surface area contributed by atoms with E-state index in [2.05, 4.69) is 24.9 Å². The van der Waals surface area contributed by atoms with E-state index in [1.165, 1.54) is 0 Å². The molecular formula is C15H19N5. The first-order chi connectivity index (χ1) is 9.61. The molecule has 0 radical (unpaired) electrons. The van der Waals surface area contributed by atoms with Crippen LogP contribution in [0, 0.1) is 20.8 Å². The molecule has 2 heterocycles. The minimum absolute atomic E-state index is 0.793. The van der Waals surface area contributed by atoms with E-state index in [4.69, 9.17) is 0 Å². The fraction of sp³-hybridized carbons (Fsp3) is 0.400. The zero-order chi connectivity index (χ0) is 14.5. The third-order valence-corrected chi connectivity index (χ3v) is 3.17. The van der Waals surface area contributed by atoms with Crippen molar-refractivity contribution in [1.82, 2.24) is 19.9 Å². The van der Waals surface area contributed by atoms with Crippen molar-refractivity contribution >= 4 is 6.21 Å². The van der Waals surface area contributed by atoms with Crippen LogP contribution in [0.5, 0.6) is 0 Å². The first-order valence-electron chi connectivity index (χ1n) is 6.64. The molecule has 0 aliphatic rings. The summed E-state index contributed by atoms with van der Waals surface area (Å²) in [6.45, 7) is 5.88. The van der Waals surface area contributed by atoms with E-state index in [0.29, 0.717) is 0 Å². The molecule has 0 bridgehead atoms. The Morgan fingerprint density at radius 1 is 0.950 bits per heavy atom. The summed E-state index contributed by atoms with van der Waals surface area (Å²) in [7, 11) is 1.76. The number of hydrogen-bond acceptors (Lipinski definition) is 5. The summed E-state index contributed by atoms with van der Waals surface area (Å²) in [6.07, 6.45) is 6.90. The van der Waals surface area contributed by atoms with Gasteiger partial charge in [0.05, 0.1) is 22.8 Å². The summed E-state index contributed by atoms with van der Waals surface area (Å²) in [5.41, 5.74) is 4.99. The molecule has 2 rings (SSSR count). The van der Waals surface area contributed by atoms with Crippen LogP contribution in [0.2, 0.25) is 0 Å². The molecule has 5 heteroatoms. The Bertz CT molecular complexity index is 634. The standard InChI is InChI=1S/C15H19N5/c1-10-13(9-16-4)15(20-12(3)19-10)6-5-14-11(2)17-7-8-18-14/h7-9H,5-6H2,1-4H3. The third kappa shape index (κ3) is 3.23. The molecule has 0 fully saturated rings. The summed E-state index contributed by atoms with van der Waals surface area (Å²) in [5.74, 6) is 0.793. The monoisotopic (exact) mass is 269 g/mol. The lowest BCUT2D eigenvalue weighted by Crippen LogP contribution is -2.08. The third-order valence-electron chi connectivity index (χ3n) is 3.17. The second kappa shape index (κ2) is 6.32. The van der Waals surface area contributed by atoms with E-state index in [1.54, 1.807) is 19.4 Å². The van der Waals surface area contributed by atoms with Gasteiger partial charge in [-0.3, -0.25) is 15.0 Å². The normalized spacial score (nSPS) is 11.2. The lowest BCUT2D eigenvalue weighted by molar-refractivity contribution is 0.828. The number of aliphatic imine (C=N–C) groups is 1. The molecule has 0 spiro atoms. The SMILES string of the molecule is CN=Cc1c(C)nc(C)nc1CCc1nccnc1C. The Hall–Kier alpha value is -2.17. The fourth-order valence-electron chi connectivity index (χ4n) is 2.20. The molecule has 0 aliphatic carbocycles. The zero-order valence-electron chi connectivity index (χ0n) is 12.4. The second-order valence-electron chi connectivity index (χ2n) is 4.69. The van der Waals surface area contributed by atoms with Gasteiger partial charge in [-0.1, -0.05) is 0 Å². The predicted molar refractivity (Wildman–Crippen MR) is 79.2 cm³/mol. The van der Waals surface area contributed by atoms with Crippen LogP contribution in [0.1, 0.15) is 34.2 Å². The Labute approximate surface area is 119 Å². The average molecular weight is 269 g/mol. The van der Waals surface area contributed by atoms with E-state index in [0.717, 1.165) is 47.0 Å².